The maximum absolute atomic E-state index is 12.5. The van der Waals surface area contributed by atoms with Crippen molar-refractivity contribution in [3.8, 4) is 78.6 Å². The number of phenolic OH excluding ortho intramolecular Hbond substituents is 1. The molecule has 69 heavy (non-hydrogen) atoms. The van der Waals surface area contributed by atoms with Gasteiger partial charge in [0.05, 0.1) is 28.0 Å². The Morgan fingerprint density at radius 1 is 0.522 bits per heavy atom. The zero-order valence-electron chi connectivity index (χ0n) is 45.1. The molecular formula is C65H67N3O. The summed E-state index contributed by atoms with van der Waals surface area (Å²) in [7, 11) is 0. The molecule has 0 aliphatic rings. The molecule has 0 aliphatic heterocycles. The molecule has 0 amide bonds. The maximum Gasteiger partial charge on any atom is 0.149 e. The van der Waals surface area contributed by atoms with Gasteiger partial charge in [-0.3, -0.25) is 9.55 Å². The third-order valence-electron chi connectivity index (χ3n) is 14.6. The fourth-order valence-corrected chi connectivity index (χ4v) is 9.36. The van der Waals surface area contributed by atoms with Crippen LogP contribution < -0.4 is 0 Å². The third-order valence-corrected chi connectivity index (χ3v) is 14.6. The van der Waals surface area contributed by atoms with Crippen molar-refractivity contribution in [1.82, 2.24) is 14.5 Å². The Bertz CT molecular complexity index is 3430. The summed E-state index contributed by atoms with van der Waals surface area (Å²) in [6, 6.07) is 57.3. The highest BCUT2D eigenvalue weighted by molar-refractivity contribution is 5.98. The average Bonchev–Trinajstić information content (AvgIpc) is 3.75. The number of hydrogen-bond donors (Lipinski definition) is 1. The lowest BCUT2D eigenvalue weighted by Gasteiger charge is -2.40. The maximum atomic E-state index is 12.5. The number of aromatic hydroxyl groups is 1. The molecule has 7 aromatic carbocycles. The van der Waals surface area contributed by atoms with Gasteiger partial charge in [-0.1, -0.05) is 192 Å². The van der Waals surface area contributed by atoms with E-state index in [1.54, 1.807) is 13.8 Å². The zero-order chi connectivity index (χ0) is 51.5. The van der Waals surface area contributed by atoms with Gasteiger partial charge in [-0.05, 0) is 138 Å². The molecule has 2 heterocycles. The van der Waals surface area contributed by atoms with Crippen LogP contribution in [0.3, 0.4) is 0 Å². The fraction of sp³-hybridized carbons (Fsp3) is 0.262. The molecule has 348 valence electrons. The molecule has 0 atom stereocenters. The van der Waals surface area contributed by atoms with Crippen molar-refractivity contribution in [2.45, 2.75) is 106 Å². The van der Waals surface area contributed by atoms with Gasteiger partial charge in [-0.25, -0.2) is 4.98 Å². The van der Waals surface area contributed by atoms with E-state index in [4.69, 9.17) is 14.1 Å². The summed E-state index contributed by atoms with van der Waals surface area (Å²) >= 11 is 0. The number of rotatable bonds is 10. The van der Waals surface area contributed by atoms with Gasteiger partial charge in [0.2, 0.25) is 0 Å². The number of benzene rings is 7. The Labute approximate surface area is 415 Å². The third kappa shape index (κ3) is 9.06. The van der Waals surface area contributed by atoms with Gasteiger partial charge in [0.15, 0.2) is 0 Å². The Kier molecular flexibility index (Phi) is 11.4. The van der Waals surface area contributed by atoms with E-state index >= 15 is 0 Å². The van der Waals surface area contributed by atoms with E-state index in [0.29, 0.717) is 11.4 Å². The Balaban J connectivity index is 1.30. The predicted octanol–water partition coefficient (Wildman–Crippen LogP) is 18.0. The van der Waals surface area contributed by atoms with E-state index in [0.717, 1.165) is 89.2 Å². The summed E-state index contributed by atoms with van der Waals surface area (Å²) in [5.74, 6) is 1.21. The van der Waals surface area contributed by atoms with E-state index in [-0.39, 0.29) is 28.4 Å². The Hall–Kier alpha value is -7.04. The van der Waals surface area contributed by atoms with Crippen molar-refractivity contribution >= 4 is 11.0 Å². The smallest absolute Gasteiger partial charge is 0.149 e. The molecule has 0 spiro atoms. The lowest BCUT2D eigenvalue weighted by Crippen LogP contribution is -2.34. The highest BCUT2D eigenvalue weighted by Gasteiger charge is 2.35. The number of hydrogen-bond acceptors (Lipinski definition) is 3. The quantitative estimate of drug-likeness (QED) is 0.149. The number of phenols is 1. The lowest BCUT2D eigenvalue weighted by molar-refractivity contribution is 0.225. The number of imidazole rings is 1. The van der Waals surface area contributed by atoms with Crippen molar-refractivity contribution < 1.29 is 9.22 Å². The van der Waals surface area contributed by atoms with E-state index in [1.165, 1.54) is 5.56 Å². The molecule has 0 bridgehead atoms. The second kappa shape index (κ2) is 18.1. The minimum atomic E-state index is -2.14. The van der Waals surface area contributed by atoms with Crippen molar-refractivity contribution in [3.63, 3.8) is 0 Å². The first-order valence-electron chi connectivity index (χ1n) is 25.9. The normalized spacial score (nSPS) is 13.2. The zero-order valence-corrected chi connectivity index (χ0v) is 42.1. The summed E-state index contributed by atoms with van der Waals surface area (Å²) in [6.45, 7) is 21.6. The van der Waals surface area contributed by atoms with Crippen molar-refractivity contribution in [3.05, 3.63) is 192 Å². The van der Waals surface area contributed by atoms with Crippen LogP contribution in [-0.2, 0) is 10.8 Å². The Morgan fingerprint density at radius 3 is 1.81 bits per heavy atom. The van der Waals surface area contributed by atoms with Crippen LogP contribution in [0.15, 0.2) is 170 Å². The minimum absolute atomic E-state index is 0.0175. The van der Waals surface area contributed by atoms with E-state index in [2.05, 4.69) is 194 Å². The van der Waals surface area contributed by atoms with Crippen LogP contribution >= 0.6 is 0 Å². The largest absolute Gasteiger partial charge is 0.507 e. The standard InChI is InChI=1S/C65H67N3O/c1-41(2)47-37-54(42(3)4)61(69)56(38-47)62-67-60-53(24-19-25-59(60)68(62)58-31-30-52(65(11,12)64(8,9)10)40-55(58)45-22-17-14-18-23-45)49-34-48(43-20-15-13-16-21-43)35-50(36-49)57-39-46(32-33-66-57)44-26-28-51(29-27-44)63(5,6)7/h13-42,69H,1-12H3/i5D3. The van der Waals surface area contributed by atoms with Gasteiger partial charge in [0.1, 0.15) is 11.6 Å². The molecule has 0 saturated heterocycles. The first-order valence-corrected chi connectivity index (χ1v) is 24.4. The molecule has 9 rings (SSSR count). The average molecular weight is 909 g/mol. The summed E-state index contributed by atoms with van der Waals surface area (Å²) in [5, 5.41) is 12.5. The van der Waals surface area contributed by atoms with Crippen molar-refractivity contribution in [2.24, 2.45) is 5.41 Å². The van der Waals surface area contributed by atoms with Gasteiger partial charge in [-0.15, -0.1) is 0 Å². The number of aromatic nitrogens is 3. The number of pyridine rings is 1. The van der Waals surface area contributed by atoms with Crippen LogP contribution in [-0.4, -0.2) is 19.6 Å². The highest BCUT2D eigenvalue weighted by atomic mass is 16.3. The first kappa shape index (κ1) is 43.3. The number of fused-ring (bicyclic) bond motifs is 1. The SMILES string of the molecule is [2H]C([2H])([2H])C(C)(C)c1ccc(-c2ccnc(-c3cc(-c4ccccc4)cc(-c4cccc5c4nc(-c4cc(C(C)C)cc(C(C)C)c4O)n5-c4ccc(C(C)(C)C(C)(C)C)cc4-c4ccccc4)c3)c2)cc1. The molecule has 0 radical (unpaired) electrons. The molecule has 0 unspecified atom stereocenters. The summed E-state index contributed by atoms with van der Waals surface area (Å²) in [5.41, 5.74) is 16.2. The molecule has 1 N–H and O–H groups in total. The van der Waals surface area contributed by atoms with Gasteiger partial charge in [0, 0.05) is 27.0 Å². The van der Waals surface area contributed by atoms with Crippen LogP contribution in [0.1, 0.15) is 121 Å². The van der Waals surface area contributed by atoms with Crippen LogP contribution in [0.5, 0.6) is 5.75 Å². The molecule has 0 fully saturated rings. The molecule has 4 nitrogen and oxygen atoms in total. The molecule has 2 aromatic heterocycles. The monoisotopic (exact) mass is 909 g/mol. The van der Waals surface area contributed by atoms with Gasteiger partial charge < -0.3 is 5.11 Å². The van der Waals surface area contributed by atoms with Crippen LogP contribution in [0, 0.1) is 5.41 Å². The second-order valence-electron chi connectivity index (χ2n) is 21.5. The molecule has 0 aliphatic carbocycles. The van der Waals surface area contributed by atoms with Crippen LogP contribution in [0.2, 0.25) is 0 Å². The number of nitrogens with zero attached hydrogens (tertiary/aromatic N) is 3. The van der Waals surface area contributed by atoms with Gasteiger partial charge in [-0.2, -0.15) is 0 Å². The predicted molar refractivity (Wildman–Crippen MR) is 293 cm³/mol. The van der Waals surface area contributed by atoms with Gasteiger partial charge >= 0.3 is 0 Å². The van der Waals surface area contributed by atoms with Crippen molar-refractivity contribution in [2.75, 3.05) is 0 Å². The van der Waals surface area contributed by atoms with E-state index in [1.807, 2.05) is 42.6 Å². The van der Waals surface area contributed by atoms with E-state index < -0.39 is 12.3 Å². The first-order chi connectivity index (χ1) is 34.0. The lowest BCUT2D eigenvalue weighted by atomic mass is 9.65. The Morgan fingerprint density at radius 2 is 1.16 bits per heavy atom. The van der Waals surface area contributed by atoms with Crippen LogP contribution in [0.4, 0.5) is 0 Å². The molecule has 4 heteroatoms. The molecule has 0 saturated carbocycles. The van der Waals surface area contributed by atoms with Gasteiger partial charge in [0.25, 0.3) is 0 Å². The second-order valence-corrected chi connectivity index (χ2v) is 21.5. The van der Waals surface area contributed by atoms with Crippen LogP contribution in [0.25, 0.3) is 83.9 Å². The highest BCUT2D eigenvalue weighted by Crippen LogP contribution is 2.47. The minimum Gasteiger partial charge on any atom is -0.507 e. The summed E-state index contributed by atoms with van der Waals surface area (Å²) in [6.07, 6.45) is 1.84. The molecular weight excluding hydrogens is 839 g/mol. The molecule has 9 aromatic rings. The summed E-state index contributed by atoms with van der Waals surface area (Å²) in [4.78, 5) is 10.7. The summed E-state index contributed by atoms with van der Waals surface area (Å²) < 4.78 is 26.7. The van der Waals surface area contributed by atoms with Crippen molar-refractivity contribution in [1.29, 1.82) is 0 Å². The fourth-order valence-electron chi connectivity index (χ4n) is 9.36. The van der Waals surface area contributed by atoms with E-state index in [9.17, 15) is 5.11 Å². The topological polar surface area (TPSA) is 50.9 Å². The number of para-hydroxylation sites is 1.